The second-order valence-electron chi connectivity index (χ2n) is 5.07. The lowest BCUT2D eigenvalue weighted by Crippen LogP contribution is -2.10. The van der Waals surface area contributed by atoms with Crippen LogP contribution in [0.3, 0.4) is 0 Å². The zero-order valence-electron chi connectivity index (χ0n) is 11.2. The predicted molar refractivity (Wildman–Crippen MR) is 74.8 cm³/mol. The molecule has 0 saturated carbocycles. The Kier molecular flexibility index (Phi) is 3.36. The van der Waals surface area contributed by atoms with Crippen LogP contribution in [0.2, 0.25) is 0 Å². The Balaban J connectivity index is 1.97. The summed E-state index contributed by atoms with van der Waals surface area (Å²) < 4.78 is 12.0. The van der Waals surface area contributed by atoms with Gasteiger partial charge in [-0.25, -0.2) is 0 Å². The van der Waals surface area contributed by atoms with E-state index in [0.29, 0.717) is 0 Å². The molecular formula is C17H18O2. The van der Waals surface area contributed by atoms with E-state index in [1.54, 1.807) is 0 Å². The number of ether oxygens (including phenoxy) is 2. The van der Waals surface area contributed by atoms with Gasteiger partial charge in [-0.2, -0.15) is 0 Å². The first-order chi connectivity index (χ1) is 9.25. The van der Waals surface area contributed by atoms with Crippen LogP contribution in [0.4, 0.5) is 0 Å². The van der Waals surface area contributed by atoms with Crippen molar-refractivity contribution < 1.29 is 9.47 Å². The summed E-state index contributed by atoms with van der Waals surface area (Å²) in [5.41, 5.74) is 3.52. The number of fused-ring (bicyclic) bond motifs is 1. The van der Waals surface area contributed by atoms with Gasteiger partial charge in [-0.05, 0) is 25.0 Å². The van der Waals surface area contributed by atoms with Gasteiger partial charge < -0.3 is 9.47 Å². The minimum absolute atomic E-state index is 0.0267. The van der Waals surface area contributed by atoms with Crippen LogP contribution >= 0.6 is 0 Å². The van der Waals surface area contributed by atoms with Gasteiger partial charge >= 0.3 is 0 Å². The van der Waals surface area contributed by atoms with Crippen LogP contribution in [0.1, 0.15) is 42.9 Å². The van der Waals surface area contributed by atoms with Gasteiger partial charge in [-0.3, -0.25) is 0 Å². The second-order valence-corrected chi connectivity index (χ2v) is 5.07. The number of benzene rings is 2. The molecule has 2 aromatic rings. The Hall–Kier alpha value is -1.64. The van der Waals surface area contributed by atoms with E-state index in [0.717, 1.165) is 5.56 Å². The molecule has 1 aliphatic rings. The quantitative estimate of drug-likeness (QED) is 0.816. The number of hydrogen-bond donors (Lipinski definition) is 0. The van der Waals surface area contributed by atoms with Crippen LogP contribution in [0.15, 0.2) is 54.6 Å². The van der Waals surface area contributed by atoms with Gasteiger partial charge in [0.1, 0.15) is 6.10 Å². The van der Waals surface area contributed by atoms with Gasteiger partial charge in [-0.15, -0.1) is 0 Å². The molecule has 0 saturated heterocycles. The molecule has 1 heterocycles. The molecule has 0 radical (unpaired) electrons. The standard InChI is InChI=1S/C17H18O2/c1-12(2)18-17-15-11-7-6-10-14(15)16(19-17)13-8-4-3-5-9-13/h3-12,16-17H,1-2H3/t16-,17-/m0/s1. The van der Waals surface area contributed by atoms with E-state index < -0.39 is 0 Å². The van der Waals surface area contributed by atoms with E-state index in [4.69, 9.17) is 9.47 Å². The van der Waals surface area contributed by atoms with Crippen molar-refractivity contribution in [2.45, 2.75) is 32.3 Å². The monoisotopic (exact) mass is 254 g/mol. The smallest absolute Gasteiger partial charge is 0.185 e. The molecule has 2 aromatic carbocycles. The molecule has 0 N–H and O–H groups in total. The van der Waals surface area contributed by atoms with Crippen molar-refractivity contribution in [3.63, 3.8) is 0 Å². The highest BCUT2D eigenvalue weighted by Crippen LogP contribution is 2.43. The Morgan fingerprint density at radius 3 is 2.21 bits per heavy atom. The van der Waals surface area contributed by atoms with Crippen molar-refractivity contribution in [2.24, 2.45) is 0 Å². The molecule has 0 unspecified atom stereocenters. The topological polar surface area (TPSA) is 18.5 Å². The van der Waals surface area contributed by atoms with E-state index in [1.807, 2.05) is 38.1 Å². The molecule has 1 aliphatic heterocycles. The van der Waals surface area contributed by atoms with Crippen LogP contribution in [-0.4, -0.2) is 6.10 Å². The lowest BCUT2D eigenvalue weighted by atomic mass is 9.99. The molecule has 2 heteroatoms. The summed E-state index contributed by atoms with van der Waals surface area (Å²) in [5.74, 6) is 0. The largest absolute Gasteiger partial charge is 0.346 e. The lowest BCUT2D eigenvalue weighted by Gasteiger charge is -2.17. The zero-order chi connectivity index (χ0) is 13.2. The van der Waals surface area contributed by atoms with Crippen LogP contribution < -0.4 is 0 Å². The first kappa shape index (κ1) is 12.4. The van der Waals surface area contributed by atoms with Gasteiger partial charge in [0.25, 0.3) is 0 Å². The maximum absolute atomic E-state index is 6.11. The SMILES string of the molecule is CC(C)O[C@H]1O[C@@H](c2ccccc2)c2ccccc21. The average molecular weight is 254 g/mol. The molecule has 98 valence electrons. The third kappa shape index (κ3) is 2.42. The van der Waals surface area contributed by atoms with E-state index >= 15 is 0 Å². The van der Waals surface area contributed by atoms with Crippen LogP contribution in [0.25, 0.3) is 0 Å². The first-order valence-electron chi connectivity index (χ1n) is 6.70. The molecule has 0 fully saturated rings. The Morgan fingerprint density at radius 2 is 1.53 bits per heavy atom. The van der Waals surface area contributed by atoms with Crippen molar-refractivity contribution in [2.75, 3.05) is 0 Å². The molecule has 0 bridgehead atoms. The van der Waals surface area contributed by atoms with Gasteiger partial charge in [-0.1, -0.05) is 54.6 Å². The van der Waals surface area contributed by atoms with E-state index in [-0.39, 0.29) is 18.5 Å². The van der Waals surface area contributed by atoms with E-state index in [1.165, 1.54) is 11.1 Å². The lowest BCUT2D eigenvalue weighted by molar-refractivity contribution is -0.170. The van der Waals surface area contributed by atoms with Crippen LogP contribution in [0.5, 0.6) is 0 Å². The van der Waals surface area contributed by atoms with Gasteiger partial charge in [0.05, 0.1) is 6.10 Å². The average Bonchev–Trinajstić information content (AvgIpc) is 2.78. The molecule has 0 aliphatic carbocycles. The van der Waals surface area contributed by atoms with Crippen molar-refractivity contribution >= 4 is 0 Å². The van der Waals surface area contributed by atoms with E-state index in [2.05, 4.69) is 30.3 Å². The molecule has 0 aromatic heterocycles. The molecule has 0 amide bonds. The third-order valence-electron chi connectivity index (χ3n) is 3.29. The summed E-state index contributed by atoms with van der Waals surface area (Å²) in [6, 6.07) is 18.6. The fourth-order valence-corrected chi connectivity index (χ4v) is 2.47. The van der Waals surface area contributed by atoms with Gasteiger partial charge in [0, 0.05) is 5.56 Å². The van der Waals surface area contributed by atoms with E-state index in [9.17, 15) is 0 Å². The molecule has 2 atom stereocenters. The Bertz CT molecular complexity index is 548. The maximum atomic E-state index is 6.11. The minimum atomic E-state index is -0.263. The second kappa shape index (κ2) is 5.16. The molecule has 2 nitrogen and oxygen atoms in total. The minimum Gasteiger partial charge on any atom is -0.346 e. The van der Waals surface area contributed by atoms with Crippen LogP contribution in [0, 0.1) is 0 Å². The highest BCUT2D eigenvalue weighted by molar-refractivity contribution is 5.39. The highest BCUT2D eigenvalue weighted by Gasteiger charge is 2.33. The van der Waals surface area contributed by atoms with Crippen molar-refractivity contribution in [3.8, 4) is 0 Å². The predicted octanol–water partition coefficient (Wildman–Crippen LogP) is 4.23. The van der Waals surface area contributed by atoms with Crippen molar-refractivity contribution in [1.29, 1.82) is 0 Å². The fraction of sp³-hybridized carbons (Fsp3) is 0.294. The fourth-order valence-electron chi connectivity index (χ4n) is 2.47. The molecule has 19 heavy (non-hydrogen) atoms. The summed E-state index contributed by atoms with van der Waals surface area (Å²) in [6.45, 7) is 4.06. The summed E-state index contributed by atoms with van der Waals surface area (Å²) in [5, 5.41) is 0. The summed E-state index contributed by atoms with van der Waals surface area (Å²) in [6.07, 6.45) is -0.143. The normalized spacial score (nSPS) is 21.6. The maximum Gasteiger partial charge on any atom is 0.185 e. The van der Waals surface area contributed by atoms with Gasteiger partial charge in [0.2, 0.25) is 0 Å². The highest BCUT2D eigenvalue weighted by atomic mass is 16.7. The molecular weight excluding hydrogens is 236 g/mol. The number of hydrogen-bond acceptors (Lipinski definition) is 2. The Labute approximate surface area is 114 Å². The van der Waals surface area contributed by atoms with Crippen molar-refractivity contribution in [3.05, 3.63) is 71.3 Å². The summed E-state index contributed by atoms with van der Waals surface area (Å²) >= 11 is 0. The molecule has 0 spiro atoms. The summed E-state index contributed by atoms with van der Waals surface area (Å²) in [7, 11) is 0. The molecule has 3 rings (SSSR count). The zero-order valence-corrected chi connectivity index (χ0v) is 11.2. The van der Waals surface area contributed by atoms with Crippen LogP contribution in [-0.2, 0) is 9.47 Å². The first-order valence-corrected chi connectivity index (χ1v) is 6.70. The Morgan fingerprint density at radius 1 is 0.895 bits per heavy atom. The van der Waals surface area contributed by atoms with Gasteiger partial charge in [0.15, 0.2) is 6.29 Å². The third-order valence-corrected chi connectivity index (χ3v) is 3.29. The number of rotatable bonds is 3. The van der Waals surface area contributed by atoms with Crippen molar-refractivity contribution in [1.82, 2.24) is 0 Å². The summed E-state index contributed by atoms with van der Waals surface area (Å²) in [4.78, 5) is 0.